The fraction of sp³-hybridized carbons (Fsp3) is 0.533. The minimum absolute atomic E-state index is 0.199. The fourth-order valence-corrected chi connectivity index (χ4v) is 4.70. The summed E-state index contributed by atoms with van der Waals surface area (Å²) in [5, 5.41) is 3.19. The Morgan fingerprint density at radius 1 is 1.60 bits per heavy atom. The first-order valence-corrected chi connectivity index (χ1v) is 8.73. The SMILES string of the molecule is CNC1(C(N)=O)CCCC1CCSc1cccc(Br)c1. The smallest absolute Gasteiger partial charge is 0.238 e. The number of rotatable bonds is 6. The predicted octanol–water partition coefficient (Wildman–Crippen LogP) is 3.17. The van der Waals surface area contributed by atoms with Gasteiger partial charge in [-0.2, -0.15) is 0 Å². The molecule has 1 saturated carbocycles. The Kier molecular flexibility index (Phi) is 5.52. The molecule has 1 aromatic carbocycles. The van der Waals surface area contributed by atoms with Crippen LogP contribution in [0.1, 0.15) is 25.7 Å². The van der Waals surface area contributed by atoms with Gasteiger partial charge in [-0.3, -0.25) is 4.79 Å². The lowest BCUT2D eigenvalue weighted by atomic mass is 9.84. The van der Waals surface area contributed by atoms with Crippen LogP contribution < -0.4 is 11.1 Å². The van der Waals surface area contributed by atoms with Crippen LogP contribution in [0.2, 0.25) is 0 Å². The third-order valence-electron chi connectivity index (χ3n) is 4.24. The molecule has 1 fully saturated rings. The first-order chi connectivity index (χ1) is 9.58. The molecule has 1 aromatic rings. The van der Waals surface area contributed by atoms with E-state index >= 15 is 0 Å². The van der Waals surface area contributed by atoms with Crippen molar-refractivity contribution in [3.8, 4) is 0 Å². The van der Waals surface area contributed by atoms with Crippen molar-refractivity contribution in [2.45, 2.75) is 36.1 Å². The summed E-state index contributed by atoms with van der Waals surface area (Å²) in [6.07, 6.45) is 4.05. The molecule has 1 amide bonds. The first kappa shape index (κ1) is 15.9. The number of halogens is 1. The fourth-order valence-electron chi connectivity index (χ4n) is 3.12. The van der Waals surface area contributed by atoms with E-state index in [1.54, 1.807) is 0 Å². The number of primary amides is 1. The summed E-state index contributed by atoms with van der Waals surface area (Å²) in [6.45, 7) is 0. The predicted molar refractivity (Wildman–Crippen MR) is 87.8 cm³/mol. The number of hydrogen-bond donors (Lipinski definition) is 2. The molecule has 110 valence electrons. The Morgan fingerprint density at radius 2 is 2.40 bits per heavy atom. The minimum Gasteiger partial charge on any atom is -0.368 e. The lowest BCUT2D eigenvalue weighted by Gasteiger charge is -2.32. The molecule has 0 heterocycles. The van der Waals surface area contributed by atoms with E-state index < -0.39 is 5.54 Å². The van der Waals surface area contributed by atoms with Crippen molar-refractivity contribution in [3.63, 3.8) is 0 Å². The summed E-state index contributed by atoms with van der Waals surface area (Å²) in [7, 11) is 1.85. The maximum absolute atomic E-state index is 11.8. The minimum atomic E-state index is -0.488. The second-order valence-electron chi connectivity index (χ2n) is 5.27. The Morgan fingerprint density at radius 3 is 3.05 bits per heavy atom. The summed E-state index contributed by atoms with van der Waals surface area (Å²) >= 11 is 5.32. The Hall–Kier alpha value is -0.520. The molecule has 5 heteroatoms. The van der Waals surface area contributed by atoms with Gasteiger partial charge in [0, 0.05) is 9.37 Å². The quantitative estimate of drug-likeness (QED) is 0.769. The van der Waals surface area contributed by atoms with Crippen LogP contribution in [0.4, 0.5) is 0 Å². The number of nitrogens with one attached hydrogen (secondary N) is 1. The van der Waals surface area contributed by atoms with E-state index in [1.165, 1.54) is 4.90 Å². The highest BCUT2D eigenvalue weighted by atomic mass is 79.9. The zero-order valence-electron chi connectivity index (χ0n) is 11.7. The third kappa shape index (κ3) is 3.38. The zero-order valence-corrected chi connectivity index (χ0v) is 14.1. The lowest BCUT2D eigenvalue weighted by molar-refractivity contribution is -0.125. The highest BCUT2D eigenvalue weighted by Crippen LogP contribution is 2.38. The third-order valence-corrected chi connectivity index (χ3v) is 5.76. The Bertz CT molecular complexity index is 483. The van der Waals surface area contributed by atoms with Crippen molar-refractivity contribution in [3.05, 3.63) is 28.7 Å². The number of nitrogens with two attached hydrogens (primary N) is 1. The number of benzene rings is 1. The number of amides is 1. The molecule has 0 aliphatic heterocycles. The van der Waals surface area contributed by atoms with Gasteiger partial charge in [0.2, 0.25) is 5.91 Å². The molecule has 2 rings (SSSR count). The van der Waals surface area contributed by atoms with E-state index in [1.807, 2.05) is 30.9 Å². The molecule has 2 unspecified atom stereocenters. The van der Waals surface area contributed by atoms with Gasteiger partial charge >= 0.3 is 0 Å². The topological polar surface area (TPSA) is 55.1 Å². The normalized spacial score (nSPS) is 25.8. The maximum Gasteiger partial charge on any atom is 0.238 e. The summed E-state index contributed by atoms with van der Waals surface area (Å²) in [5.41, 5.74) is 5.13. The first-order valence-electron chi connectivity index (χ1n) is 6.95. The summed E-state index contributed by atoms with van der Waals surface area (Å²) in [6, 6.07) is 8.31. The van der Waals surface area contributed by atoms with Crippen LogP contribution in [0.25, 0.3) is 0 Å². The van der Waals surface area contributed by atoms with Gasteiger partial charge in [0.05, 0.1) is 0 Å². The highest BCUT2D eigenvalue weighted by molar-refractivity contribution is 9.10. The van der Waals surface area contributed by atoms with E-state index in [0.717, 1.165) is 35.9 Å². The van der Waals surface area contributed by atoms with Gasteiger partial charge < -0.3 is 11.1 Å². The van der Waals surface area contributed by atoms with E-state index in [-0.39, 0.29) is 5.91 Å². The average Bonchev–Trinajstić information content (AvgIpc) is 2.83. The van der Waals surface area contributed by atoms with Gasteiger partial charge in [0.1, 0.15) is 5.54 Å². The van der Waals surface area contributed by atoms with Crippen LogP contribution in [0.3, 0.4) is 0 Å². The van der Waals surface area contributed by atoms with Gasteiger partial charge in [-0.05, 0) is 56.2 Å². The standard InChI is InChI=1S/C15H21BrN2OS/c1-18-15(14(17)19)8-3-4-11(15)7-9-20-13-6-2-5-12(16)10-13/h2,5-6,10-11,18H,3-4,7-9H2,1H3,(H2,17,19). The molecule has 1 aliphatic rings. The van der Waals surface area contributed by atoms with Crippen molar-refractivity contribution < 1.29 is 4.79 Å². The molecule has 0 bridgehead atoms. The van der Waals surface area contributed by atoms with Gasteiger partial charge in [0.15, 0.2) is 0 Å². The van der Waals surface area contributed by atoms with Crippen molar-refractivity contribution in [1.82, 2.24) is 5.32 Å². The molecule has 0 saturated heterocycles. The lowest BCUT2D eigenvalue weighted by Crippen LogP contribution is -2.56. The van der Waals surface area contributed by atoms with E-state index in [9.17, 15) is 4.79 Å². The van der Waals surface area contributed by atoms with Crippen LogP contribution >= 0.6 is 27.7 Å². The summed E-state index contributed by atoms with van der Waals surface area (Å²) in [4.78, 5) is 13.0. The summed E-state index contributed by atoms with van der Waals surface area (Å²) in [5.74, 6) is 1.16. The van der Waals surface area contributed by atoms with Gasteiger partial charge in [-0.25, -0.2) is 0 Å². The van der Waals surface area contributed by atoms with Crippen LogP contribution in [-0.4, -0.2) is 24.2 Å². The molecule has 3 N–H and O–H groups in total. The number of likely N-dealkylation sites (N-methyl/N-ethyl adjacent to an activating group) is 1. The second-order valence-corrected chi connectivity index (χ2v) is 7.35. The molecule has 0 radical (unpaired) electrons. The second kappa shape index (κ2) is 6.96. The van der Waals surface area contributed by atoms with E-state index in [4.69, 9.17) is 5.73 Å². The van der Waals surface area contributed by atoms with Crippen molar-refractivity contribution in [1.29, 1.82) is 0 Å². The van der Waals surface area contributed by atoms with E-state index in [0.29, 0.717) is 5.92 Å². The van der Waals surface area contributed by atoms with Gasteiger partial charge in [-0.1, -0.05) is 28.4 Å². The monoisotopic (exact) mass is 356 g/mol. The highest BCUT2D eigenvalue weighted by Gasteiger charge is 2.45. The zero-order chi connectivity index (χ0) is 14.6. The van der Waals surface area contributed by atoms with Crippen molar-refractivity contribution in [2.24, 2.45) is 11.7 Å². The maximum atomic E-state index is 11.8. The van der Waals surface area contributed by atoms with Gasteiger partial charge in [0.25, 0.3) is 0 Å². The Balaban J connectivity index is 1.92. The molecule has 0 aromatic heterocycles. The number of hydrogen-bond acceptors (Lipinski definition) is 3. The van der Waals surface area contributed by atoms with E-state index in [2.05, 4.69) is 33.4 Å². The Labute approximate surface area is 133 Å². The van der Waals surface area contributed by atoms with Crippen LogP contribution in [-0.2, 0) is 4.79 Å². The largest absolute Gasteiger partial charge is 0.368 e. The van der Waals surface area contributed by atoms with Crippen molar-refractivity contribution >= 4 is 33.6 Å². The number of carbonyl (C=O) groups excluding carboxylic acids is 1. The van der Waals surface area contributed by atoms with Gasteiger partial charge in [-0.15, -0.1) is 11.8 Å². The average molecular weight is 357 g/mol. The molecular weight excluding hydrogens is 336 g/mol. The van der Waals surface area contributed by atoms with Crippen LogP contribution in [0.15, 0.2) is 33.6 Å². The molecular formula is C15H21BrN2OS. The number of thioether (sulfide) groups is 1. The molecule has 0 spiro atoms. The molecule has 20 heavy (non-hydrogen) atoms. The summed E-state index contributed by atoms with van der Waals surface area (Å²) < 4.78 is 1.10. The molecule has 2 atom stereocenters. The molecule has 1 aliphatic carbocycles. The van der Waals surface area contributed by atoms with Crippen molar-refractivity contribution in [2.75, 3.05) is 12.8 Å². The van der Waals surface area contributed by atoms with Crippen LogP contribution in [0.5, 0.6) is 0 Å². The van der Waals surface area contributed by atoms with Crippen LogP contribution in [0, 0.1) is 5.92 Å². The molecule has 3 nitrogen and oxygen atoms in total. The number of carbonyl (C=O) groups is 1.